The summed E-state index contributed by atoms with van der Waals surface area (Å²) in [5.41, 5.74) is 5.61. The van der Waals surface area contributed by atoms with Gasteiger partial charge in [0.25, 0.3) is 5.69 Å². The number of nitrogens with zero attached hydrogens (tertiary/aromatic N) is 2. The van der Waals surface area contributed by atoms with Gasteiger partial charge in [-0.3, -0.25) is 10.1 Å². The Morgan fingerprint density at radius 3 is 2.14 bits per heavy atom. The van der Waals surface area contributed by atoms with Gasteiger partial charge in [0, 0.05) is 37.3 Å². The zero-order valence-corrected chi connectivity index (χ0v) is 12.7. The molecule has 1 aliphatic rings. The molecule has 0 saturated carbocycles. The fourth-order valence-electron chi connectivity index (χ4n) is 3.11. The standard InChI is InChI=1S/C17H18N2O2/c1-17(2)15-9-11(18(3)4)5-7-13(15)14-8-6-12(19(20)21)10-16(14)17/h5-10H,1-4H3. The first-order chi connectivity index (χ1) is 9.82. The molecular formula is C17H18N2O2. The van der Waals surface area contributed by atoms with Crippen LogP contribution in [0.25, 0.3) is 11.1 Å². The molecule has 0 bridgehead atoms. The van der Waals surface area contributed by atoms with Crippen LogP contribution in [0.2, 0.25) is 0 Å². The van der Waals surface area contributed by atoms with E-state index in [9.17, 15) is 10.1 Å². The fraction of sp³-hybridized carbons (Fsp3) is 0.294. The predicted molar refractivity (Wildman–Crippen MR) is 85.0 cm³/mol. The largest absolute Gasteiger partial charge is 0.378 e. The maximum absolute atomic E-state index is 11.0. The lowest BCUT2D eigenvalue weighted by Gasteiger charge is -2.23. The average Bonchev–Trinajstić information content (AvgIpc) is 2.67. The molecule has 0 radical (unpaired) electrons. The number of nitro benzene ring substituents is 1. The summed E-state index contributed by atoms with van der Waals surface area (Å²) in [5, 5.41) is 11.0. The van der Waals surface area contributed by atoms with E-state index in [1.807, 2.05) is 20.2 Å². The lowest BCUT2D eigenvalue weighted by molar-refractivity contribution is -0.384. The molecule has 0 spiro atoms. The number of hydrogen-bond acceptors (Lipinski definition) is 3. The van der Waals surface area contributed by atoms with Crippen LogP contribution in [0.4, 0.5) is 11.4 Å². The topological polar surface area (TPSA) is 46.4 Å². The Bertz CT molecular complexity index is 748. The van der Waals surface area contributed by atoms with Crippen molar-refractivity contribution in [3.8, 4) is 11.1 Å². The molecule has 0 aromatic heterocycles. The van der Waals surface area contributed by atoms with Crippen molar-refractivity contribution in [2.75, 3.05) is 19.0 Å². The second kappa shape index (κ2) is 4.32. The van der Waals surface area contributed by atoms with Gasteiger partial charge in [0.15, 0.2) is 0 Å². The molecule has 0 heterocycles. The van der Waals surface area contributed by atoms with Crippen molar-refractivity contribution in [2.45, 2.75) is 19.3 Å². The van der Waals surface area contributed by atoms with E-state index < -0.39 is 0 Å². The number of rotatable bonds is 2. The summed E-state index contributed by atoms with van der Waals surface area (Å²) in [5.74, 6) is 0. The summed E-state index contributed by atoms with van der Waals surface area (Å²) in [6.45, 7) is 4.25. The summed E-state index contributed by atoms with van der Waals surface area (Å²) in [6, 6.07) is 11.6. The van der Waals surface area contributed by atoms with Crippen molar-refractivity contribution in [1.82, 2.24) is 0 Å². The van der Waals surface area contributed by atoms with Gasteiger partial charge in [0.05, 0.1) is 4.92 Å². The van der Waals surface area contributed by atoms with Crippen LogP contribution in [0.15, 0.2) is 36.4 Å². The Balaban J connectivity index is 2.24. The van der Waals surface area contributed by atoms with Crippen molar-refractivity contribution >= 4 is 11.4 Å². The van der Waals surface area contributed by atoms with E-state index in [2.05, 4.69) is 36.9 Å². The van der Waals surface area contributed by atoms with Crippen molar-refractivity contribution in [3.63, 3.8) is 0 Å². The van der Waals surface area contributed by atoms with E-state index in [1.165, 1.54) is 11.1 Å². The highest BCUT2D eigenvalue weighted by molar-refractivity contribution is 5.83. The molecule has 0 aliphatic heterocycles. The van der Waals surface area contributed by atoms with E-state index in [1.54, 1.807) is 12.1 Å². The Morgan fingerprint density at radius 2 is 1.57 bits per heavy atom. The Labute approximate surface area is 124 Å². The van der Waals surface area contributed by atoms with E-state index >= 15 is 0 Å². The molecule has 108 valence electrons. The zero-order valence-electron chi connectivity index (χ0n) is 12.7. The van der Waals surface area contributed by atoms with Gasteiger partial charge in [0.1, 0.15) is 0 Å². The minimum Gasteiger partial charge on any atom is -0.378 e. The van der Waals surface area contributed by atoms with E-state index in [-0.39, 0.29) is 16.0 Å². The van der Waals surface area contributed by atoms with Gasteiger partial charge in [0.2, 0.25) is 0 Å². The molecule has 0 fully saturated rings. The fourth-order valence-corrected chi connectivity index (χ4v) is 3.11. The molecule has 0 atom stereocenters. The third-order valence-electron chi connectivity index (χ3n) is 4.37. The van der Waals surface area contributed by atoms with Crippen LogP contribution in [-0.4, -0.2) is 19.0 Å². The third kappa shape index (κ3) is 1.90. The van der Waals surface area contributed by atoms with Crippen molar-refractivity contribution in [2.24, 2.45) is 0 Å². The number of benzene rings is 2. The van der Waals surface area contributed by atoms with Crippen LogP contribution < -0.4 is 4.90 Å². The summed E-state index contributed by atoms with van der Waals surface area (Å²) < 4.78 is 0. The van der Waals surface area contributed by atoms with Gasteiger partial charge in [-0.25, -0.2) is 0 Å². The highest BCUT2D eigenvalue weighted by Crippen LogP contribution is 2.50. The minimum absolute atomic E-state index is 0.155. The van der Waals surface area contributed by atoms with Crippen LogP contribution in [-0.2, 0) is 5.41 Å². The highest BCUT2D eigenvalue weighted by atomic mass is 16.6. The molecule has 0 N–H and O–H groups in total. The van der Waals surface area contributed by atoms with Crippen LogP contribution in [0.5, 0.6) is 0 Å². The number of anilines is 1. The van der Waals surface area contributed by atoms with Crippen molar-refractivity contribution < 1.29 is 4.92 Å². The van der Waals surface area contributed by atoms with Gasteiger partial charge in [-0.15, -0.1) is 0 Å². The maximum Gasteiger partial charge on any atom is 0.269 e. The van der Waals surface area contributed by atoms with E-state index in [0.29, 0.717) is 0 Å². The van der Waals surface area contributed by atoms with Gasteiger partial charge in [-0.1, -0.05) is 19.9 Å². The normalized spacial score (nSPS) is 14.5. The monoisotopic (exact) mass is 282 g/mol. The molecule has 3 rings (SSSR count). The molecule has 2 aromatic carbocycles. The van der Waals surface area contributed by atoms with Crippen molar-refractivity contribution in [1.29, 1.82) is 0 Å². The van der Waals surface area contributed by atoms with Crippen LogP contribution >= 0.6 is 0 Å². The van der Waals surface area contributed by atoms with Crippen molar-refractivity contribution in [3.05, 3.63) is 57.6 Å². The van der Waals surface area contributed by atoms with Crippen LogP contribution in [0.1, 0.15) is 25.0 Å². The summed E-state index contributed by atoms with van der Waals surface area (Å²) in [6.07, 6.45) is 0. The summed E-state index contributed by atoms with van der Waals surface area (Å²) >= 11 is 0. The quantitative estimate of drug-likeness (QED) is 0.618. The second-order valence-corrected chi connectivity index (χ2v) is 6.24. The first-order valence-corrected chi connectivity index (χ1v) is 6.93. The zero-order chi connectivity index (χ0) is 15.4. The molecule has 2 aromatic rings. The molecular weight excluding hydrogens is 264 g/mol. The Morgan fingerprint density at radius 1 is 1.00 bits per heavy atom. The van der Waals surface area contributed by atoms with Crippen LogP contribution in [0.3, 0.4) is 0 Å². The lowest BCUT2D eigenvalue weighted by atomic mass is 9.82. The summed E-state index contributed by atoms with van der Waals surface area (Å²) in [4.78, 5) is 12.8. The molecule has 4 heteroatoms. The lowest BCUT2D eigenvalue weighted by Crippen LogP contribution is -2.16. The molecule has 1 aliphatic carbocycles. The Kier molecular flexibility index (Phi) is 2.80. The molecule has 0 saturated heterocycles. The van der Waals surface area contributed by atoms with Gasteiger partial charge >= 0.3 is 0 Å². The number of nitro groups is 1. The third-order valence-corrected chi connectivity index (χ3v) is 4.37. The number of non-ortho nitro benzene ring substituents is 1. The predicted octanol–water partition coefficient (Wildman–Crippen LogP) is 3.97. The van der Waals surface area contributed by atoms with Gasteiger partial charge < -0.3 is 4.90 Å². The minimum atomic E-state index is -0.329. The average molecular weight is 282 g/mol. The second-order valence-electron chi connectivity index (χ2n) is 6.24. The smallest absolute Gasteiger partial charge is 0.269 e. The molecule has 21 heavy (non-hydrogen) atoms. The van der Waals surface area contributed by atoms with Gasteiger partial charge in [-0.2, -0.15) is 0 Å². The van der Waals surface area contributed by atoms with E-state index in [0.717, 1.165) is 16.8 Å². The molecule has 0 amide bonds. The van der Waals surface area contributed by atoms with Crippen LogP contribution in [0, 0.1) is 10.1 Å². The maximum atomic E-state index is 11.0. The molecule has 0 unspecified atom stereocenters. The van der Waals surface area contributed by atoms with E-state index in [4.69, 9.17) is 0 Å². The highest BCUT2D eigenvalue weighted by Gasteiger charge is 2.36. The Hall–Kier alpha value is -2.36. The summed E-state index contributed by atoms with van der Waals surface area (Å²) in [7, 11) is 4.03. The first-order valence-electron chi connectivity index (χ1n) is 6.93. The number of fused-ring (bicyclic) bond motifs is 3. The number of hydrogen-bond donors (Lipinski definition) is 0. The molecule has 4 nitrogen and oxygen atoms in total. The SMILES string of the molecule is CN(C)c1ccc2c(c1)C(C)(C)c1cc([N+](=O)[O-])ccc1-2. The van der Waals surface area contributed by atoms with Gasteiger partial charge in [-0.05, 0) is 40.5 Å². The first kappa shape index (κ1) is 13.6.